The number of hydrogen-bond acceptors (Lipinski definition) is 4. The molecule has 0 radical (unpaired) electrons. The summed E-state index contributed by atoms with van der Waals surface area (Å²) in [6, 6.07) is 21.4. The monoisotopic (exact) mass is 371 g/mol. The molecule has 1 atom stereocenters. The number of nitrogens with one attached hydrogen (secondary N) is 2. The van der Waals surface area contributed by atoms with Crippen molar-refractivity contribution in [3.63, 3.8) is 0 Å². The fraction of sp³-hybridized carbons (Fsp3) is 0.0909. The van der Waals surface area contributed by atoms with Crippen LogP contribution in [0.25, 0.3) is 21.8 Å². The largest absolute Gasteiger partial charge is 0.434 e. The summed E-state index contributed by atoms with van der Waals surface area (Å²) in [4.78, 5) is 15.0. The molecule has 6 heteroatoms. The zero-order chi connectivity index (χ0) is 19.3. The number of aromatic amines is 1. The average Bonchev–Trinajstić information content (AvgIpc) is 3.11. The Kier molecular flexibility index (Phi) is 3.58. The van der Waals surface area contributed by atoms with E-state index in [9.17, 15) is 10.1 Å². The van der Waals surface area contributed by atoms with Gasteiger partial charge >= 0.3 is 5.70 Å². The number of para-hydroxylation sites is 1. The number of nitrogens with zero attached hydrogens (tertiary/aromatic N) is 1. The lowest BCUT2D eigenvalue weighted by Gasteiger charge is -2.26. The highest BCUT2D eigenvalue weighted by atomic mass is 16.6. The second-order valence-corrected chi connectivity index (χ2v) is 6.74. The summed E-state index contributed by atoms with van der Waals surface area (Å²) in [6.45, 7) is 0. The van der Waals surface area contributed by atoms with Crippen LogP contribution in [0.5, 0.6) is 5.75 Å². The Morgan fingerprint density at radius 1 is 1.00 bits per heavy atom. The molecule has 2 heterocycles. The summed E-state index contributed by atoms with van der Waals surface area (Å²) in [5, 5.41) is 16.8. The van der Waals surface area contributed by atoms with Crippen LogP contribution in [0.2, 0.25) is 0 Å². The number of benzene rings is 3. The molecule has 5 rings (SSSR count). The molecule has 1 unspecified atom stereocenters. The molecule has 0 fully saturated rings. The number of allylic oxidation sites excluding steroid dienone is 1. The molecule has 2 N–H and O–H groups in total. The normalized spacial score (nSPS) is 16.1. The Labute approximate surface area is 160 Å². The molecule has 0 aliphatic carbocycles. The van der Waals surface area contributed by atoms with Crippen LogP contribution < -0.4 is 10.1 Å². The lowest BCUT2D eigenvalue weighted by molar-refractivity contribution is -0.432. The molecule has 6 nitrogen and oxygen atoms in total. The minimum Gasteiger partial charge on any atom is -0.434 e. The Balaban J connectivity index is 1.87. The Hall–Kier alpha value is -3.80. The van der Waals surface area contributed by atoms with Crippen LogP contribution in [0.4, 0.5) is 0 Å². The van der Waals surface area contributed by atoms with Crippen molar-refractivity contribution in [3.8, 4) is 5.75 Å². The standard InChI is InChI=1S/C22H17N3O3/c1-23-22-20(25(26)27)18(13-7-3-2-4-8-13)15-11-12-17-19(21(15)28-22)14-9-5-6-10-16(14)24-17/h2-12,18,23-24H,1H3. The van der Waals surface area contributed by atoms with E-state index in [1.54, 1.807) is 7.05 Å². The van der Waals surface area contributed by atoms with Gasteiger partial charge in [-0.15, -0.1) is 0 Å². The highest BCUT2D eigenvalue weighted by Crippen LogP contribution is 2.47. The molecule has 0 spiro atoms. The van der Waals surface area contributed by atoms with Crippen molar-refractivity contribution in [2.24, 2.45) is 0 Å². The van der Waals surface area contributed by atoms with Gasteiger partial charge in [-0.2, -0.15) is 0 Å². The predicted octanol–water partition coefficient (Wildman–Crippen LogP) is 4.51. The van der Waals surface area contributed by atoms with Crippen LogP contribution >= 0.6 is 0 Å². The molecule has 4 aromatic rings. The third kappa shape index (κ3) is 2.28. The van der Waals surface area contributed by atoms with Gasteiger partial charge in [-0.05, 0) is 17.7 Å². The van der Waals surface area contributed by atoms with Gasteiger partial charge < -0.3 is 15.0 Å². The highest BCUT2D eigenvalue weighted by Gasteiger charge is 2.40. The van der Waals surface area contributed by atoms with Crippen LogP contribution in [0.1, 0.15) is 17.0 Å². The zero-order valence-corrected chi connectivity index (χ0v) is 15.1. The number of aromatic nitrogens is 1. The van der Waals surface area contributed by atoms with Crippen molar-refractivity contribution in [2.45, 2.75) is 5.92 Å². The molecule has 1 aliphatic rings. The molecule has 28 heavy (non-hydrogen) atoms. The smallest absolute Gasteiger partial charge is 0.317 e. The second kappa shape index (κ2) is 6.13. The first-order valence-electron chi connectivity index (χ1n) is 9.01. The van der Waals surface area contributed by atoms with Gasteiger partial charge in [0.2, 0.25) is 0 Å². The Bertz CT molecular complexity index is 1260. The summed E-state index contributed by atoms with van der Waals surface area (Å²) in [6.07, 6.45) is 0. The summed E-state index contributed by atoms with van der Waals surface area (Å²) >= 11 is 0. The third-order valence-electron chi connectivity index (χ3n) is 5.23. The van der Waals surface area contributed by atoms with Crippen LogP contribution in [0, 0.1) is 10.1 Å². The van der Waals surface area contributed by atoms with Crippen molar-refractivity contribution in [2.75, 3.05) is 7.05 Å². The molecular weight excluding hydrogens is 354 g/mol. The molecule has 1 aliphatic heterocycles. The minimum atomic E-state index is -0.527. The summed E-state index contributed by atoms with van der Waals surface area (Å²) in [5.41, 5.74) is 3.59. The maximum absolute atomic E-state index is 12.0. The van der Waals surface area contributed by atoms with E-state index in [0.717, 1.165) is 32.9 Å². The second-order valence-electron chi connectivity index (χ2n) is 6.74. The van der Waals surface area contributed by atoms with Crippen LogP contribution in [0.3, 0.4) is 0 Å². The van der Waals surface area contributed by atoms with Crippen molar-refractivity contribution in [1.82, 2.24) is 10.3 Å². The van der Waals surface area contributed by atoms with E-state index in [-0.39, 0.29) is 16.5 Å². The quantitative estimate of drug-likeness (QED) is 0.410. The lowest BCUT2D eigenvalue weighted by Crippen LogP contribution is -2.27. The molecule has 1 aromatic heterocycles. The van der Waals surface area contributed by atoms with Gasteiger partial charge in [0, 0.05) is 23.5 Å². The number of nitro groups is 1. The maximum atomic E-state index is 12.0. The maximum Gasteiger partial charge on any atom is 0.317 e. The van der Waals surface area contributed by atoms with E-state index in [0.29, 0.717) is 5.75 Å². The van der Waals surface area contributed by atoms with E-state index >= 15 is 0 Å². The van der Waals surface area contributed by atoms with Gasteiger partial charge in [-0.1, -0.05) is 54.6 Å². The molecule has 138 valence electrons. The fourth-order valence-electron chi connectivity index (χ4n) is 4.05. The first-order chi connectivity index (χ1) is 13.7. The highest BCUT2D eigenvalue weighted by molar-refractivity contribution is 6.11. The summed E-state index contributed by atoms with van der Waals surface area (Å²) in [7, 11) is 1.64. The van der Waals surface area contributed by atoms with Gasteiger partial charge in [0.25, 0.3) is 5.88 Å². The number of hydrogen-bond donors (Lipinski definition) is 2. The van der Waals surface area contributed by atoms with E-state index in [4.69, 9.17) is 4.74 Å². The van der Waals surface area contributed by atoms with Crippen LogP contribution in [-0.2, 0) is 0 Å². The van der Waals surface area contributed by atoms with Gasteiger partial charge in [0.05, 0.1) is 15.8 Å². The van der Waals surface area contributed by atoms with Crippen LogP contribution in [-0.4, -0.2) is 17.0 Å². The van der Waals surface area contributed by atoms with Crippen molar-refractivity contribution < 1.29 is 9.66 Å². The van der Waals surface area contributed by atoms with E-state index in [1.165, 1.54) is 0 Å². The SMILES string of the molecule is CNC1=C([N+](=O)[O-])C(c2ccccc2)c2ccc3[nH]c4ccccc4c3c2O1. The lowest BCUT2D eigenvalue weighted by atomic mass is 9.85. The Morgan fingerprint density at radius 3 is 2.50 bits per heavy atom. The number of ether oxygens (including phenoxy) is 1. The van der Waals surface area contributed by atoms with E-state index < -0.39 is 5.92 Å². The summed E-state index contributed by atoms with van der Waals surface area (Å²) < 4.78 is 6.09. The molecule has 0 bridgehead atoms. The van der Waals surface area contributed by atoms with Gasteiger partial charge in [-0.25, -0.2) is 0 Å². The first-order valence-corrected chi connectivity index (χ1v) is 9.01. The number of rotatable bonds is 3. The van der Waals surface area contributed by atoms with Crippen molar-refractivity contribution >= 4 is 21.8 Å². The zero-order valence-electron chi connectivity index (χ0n) is 15.1. The molecular formula is C22H17N3O3. The van der Waals surface area contributed by atoms with Crippen molar-refractivity contribution in [3.05, 3.63) is 99.6 Å². The first kappa shape index (κ1) is 16.4. The van der Waals surface area contributed by atoms with Crippen molar-refractivity contribution in [1.29, 1.82) is 0 Å². The number of H-pyrrole nitrogens is 1. The van der Waals surface area contributed by atoms with Gasteiger partial charge in [0.1, 0.15) is 11.7 Å². The minimum absolute atomic E-state index is 0.0143. The molecule has 0 saturated carbocycles. The van der Waals surface area contributed by atoms with E-state index in [2.05, 4.69) is 10.3 Å². The summed E-state index contributed by atoms with van der Waals surface area (Å²) in [5.74, 6) is 0.295. The topological polar surface area (TPSA) is 80.2 Å². The van der Waals surface area contributed by atoms with E-state index in [1.807, 2.05) is 66.7 Å². The van der Waals surface area contributed by atoms with Gasteiger partial charge in [0.15, 0.2) is 0 Å². The average molecular weight is 371 g/mol. The molecule has 0 amide bonds. The number of fused-ring (bicyclic) bond motifs is 5. The third-order valence-corrected chi connectivity index (χ3v) is 5.23. The fourth-order valence-corrected chi connectivity index (χ4v) is 4.05. The van der Waals surface area contributed by atoms with Crippen LogP contribution in [0.15, 0.2) is 78.3 Å². The predicted molar refractivity (Wildman–Crippen MR) is 108 cm³/mol. The molecule has 0 saturated heterocycles. The molecule has 3 aromatic carbocycles. The van der Waals surface area contributed by atoms with Gasteiger partial charge in [-0.3, -0.25) is 10.1 Å². The Morgan fingerprint density at radius 2 is 1.75 bits per heavy atom.